The normalized spacial score (nSPS) is 14.7. The fourth-order valence-corrected chi connectivity index (χ4v) is 8.08. The lowest BCUT2D eigenvalue weighted by Gasteiger charge is -2.20. The highest BCUT2D eigenvalue weighted by Crippen LogP contribution is 2.50. The molecule has 0 spiro atoms. The van der Waals surface area contributed by atoms with Crippen molar-refractivity contribution in [3.05, 3.63) is 206 Å². The predicted molar refractivity (Wildman–Crippen MR) is 233 cm³/mol. The monoisotopic (exact) mass is 710 g/mol. The summed E-state index contributed by atoms with van der Waals surface area (Å²) in [7, 11) is 0. The van der Waals surface area contributed by atoms with E-state index in [1.165, 1.54) is 0 Å². The maximum atomic E-state index is 9.68. The van der Waals surface area contributed by atoms with Crippen LogP contribution in [0.4, 0.5) is 0 Å². The van der Waals surface area contributed by atoms with Crippen molar-refractivity contribution in [1.82, 2.24) is 0 Å². The zero-order valence-corrected chi connectivity index (χ0v) is 29.1. The highest BCUT2D eigenvalue weighted by molar-refractivity contribution is 6.24. The Bertz CT molecular complexity index is 3870. The number of hydrogen-bond donors (Lipinski definition) is 0. The van der Waals surface area contributed by atoms with Gasteiger partial charge in [-0.15, -0.1) is 0 Å². The van der Waals surface area contributed by atoms with Gasteiger partial charge in [0.25, 0.3) is 0 Å². The number of benzene rings is 10. The SMILES string of the molecule is [2H]c1c([2H])c([2H])c2c(-c3ccccc3)c(-c3c4c([2H])c([2H])c([2H])c([2H])c4c(-c4ccccc4-c4ccccc4-c4ccc5c(ccc6ccccc65)c4)c4c([2H])c([2H])c([2H])c([2H])c34)oc2c1[2H]. The maximum absolute atomic E-state index is 9.68. The molecular weight excluding hydrogens is 665 g/mol. The average molecular weight is 711 g/mol. The number of rotatable bonds is 5. The third kappa shape index (κ3) is 5.01. The van der Waals surface area contributed by atoms with Gasteiger partial charge in [-0.1, -0.05) is 194 Å². The van der Waals surface area contributed by atoms with E-state index in [0.717, 1.165) is 38.2 Å². The smallest absolute Gasteiger partial charge is 0.144 e. The zero-order chi connectivity index (χ0) is 46.7. The largest absolute Gasteiger partial charge is 0.455 e. The highest BCUT2D eigenvalue weighted by atomic mass is 16.3. The minimum Gasteiger partial charge on any atom is -0.455 e. The summed E-state index contributed by atoms with van der Waals surface area (Å²) in [6, 6.07) is 36.2. The zero-order valence-electron chi connectivity index (χ0n) is 41.1. The summed E-state index contributed by atoms with van der Waals surface area (Å²) in [6.45, 7) is 0. The van der Waals surface area contributed by atoms with Crippen LogP contribution in [0, 0.1) is 0 Å². The van der Waals surface area contributed by atoms with Crippen LogP contribution in [0.5, 0.6) is 0 Å². The molecule has 1 heterocycles. The Hall–Kier alpha value is -7.22. The van der Waals surface area contributed by atoms with Crippen LogP contribution in [-0.2, 0) is 0 Å². The molecule has 1 aromatic heterocycles. The molecule has 0 aliphatic rings. The lowest BCUT2D eigenvalue weighted by atomic mass is 9.83. The first-order valence-electron chi connectivity index (χ1n) is 23.9. The van der Waals surface area contributed by atoms with Crippen LogP contribution < -0.4 is 0 Å². The van der Waals surface area contributed by atoms with Gasteiger partial charge in [-0.25, -0.2) is 0 Å². The van der Waals surface area contributed by atoms with Crippen LogP contribution in [0.3, 0.4) is 0 Å². The van der Waals surface area contributed by atoms with Crippen molar-refractivity contribution in [1.29, 1.82) is 0 Å². The van der Waals surface area contributed by atoms with Crippen molar-refractivity contribution in [2.24, 2.45) is 0 Å². The molecule has 0 fully saturated rings. The van der Waals surface area contributed by atoms with Crippen molar-refractivity contribution in [3.63, 3.8) is 0 Å². The van der Waals surface area contributed by atoms with Gasteiger partial charge in [0.1, 0.15) is 11.3 Å². The second-order valence-corrected chi connectivity index (χ2v) is 13.4. The molecule has 1 nitrogen and oxygen atoms in total. The standard InChI is InChI=1S/C54H34O/c1-2-17-36(18-3-1)51-49-28-14-15-29-50(49)55-54(51)53-47-26-12-10-24-45(47)52(46-25-11-13-27-48(46)53)44-23-9-8-22-43(44)42-21-7-6-20-40(42)38-32-33-41-37(34-38)31-30-35-16-4-5-19-39(35)41/h1-34H/i10D,11D,12D,13D,14D,15D,24D,25D,26D,27D,28D,29D. The molecule has 0 bridgehead atoms. The Morgan fingerprint density at radius 3 is 1.58 bits per heavy atom. The van der Waals surface area contributed by atoms with Crippen LogP contribution in [0.25, 0.3) is 110 Å². The quantitative estimate of drug-likeness (QED) is 0.128. The van der Waals surface area contributed by atoms with Crippen molar-refractivity contribution in [3.8, 4) is 55.8 Å². The first kappa shape index (κ1) is 21.5. The third-order valence-corrected chi connectivity index (χ3v) is 10.5. The van der Waals surface area contributed by atoms with E-state index in [0.29, 0.717) is 16.7 Å². The molecule has 11 rings (SSSR count). The van der Waals surface area contributed by atoms with Gasteiger partial charge in [0, 0.05) is 16.5 Å². The first-order valence-corrected chi connectivity index (χ1v) is 17.9. The number of para-hydroxylation sites is 1. The van der Waals surface area contributed by atoms with Crippen LogP contribution >= 0.6 is 0 Å². The summed E-state index contributed by atoms with van der Waals surface area (Å²) >= 11 is 0. The van der Waals surface area contributed by atoms with Gasteiger partial charge < -0.3 is 4.42 Å². The summed E-state index contributed by atoms with van der Waals surface area (Å²) in [5.41, 5.74) is 4.00. The van der Waals surface area contributed by atoms with Gasteiger partial charge in [0.05, 0.1) is 16.4 Å². The Morgan fingerprint density at radius 2 is 0.855 bits per heavy atom. The summed E-state index contributed by atoms with van der Waals surface area (Å²) in [5, 5.41) is 4.07. The molecule has 256 valence electrons. The lowest BCUT2D eigenvalue weighted by molar-refractivity contribution is 0.634. The van der Waals surface area contributed by atoms with Gasteiger partial charge in [-0.2, -0.15) is 0 Å². The highest BCUT2D eigenvalue weighted by Gasteiger charge is 2.25. The molecule has 0 aliphatic carbocycles. The maximum Gasteiger partial charge on any atom is 0.144 e. The van der Waals surface area contributed by atoms with E-state index >= 15 is 0 Å². The van der Waals surface area contributed by atoms with Crippen LogP contribution in [-0.4, -0.2) is 0 Å². The number of fused-ring (bicyclic) bond motifs is 6. The molecule has 0 radical (unpaired) electrons. The van der Waals surface area contributed by atoms with Crippen LogP contribution in [0.15, 0.2) is 210 Å². The molecular formula is C54H34O. The van der Waals surface area contributed by atoms with E-state index in [1.54, 1.807) is 42.5 Å². The Morgan fingerprint density at radius 1 is 0.327 bits per heavy atom. The van der Waals surface area contributed by atoms with Gasteiger partial charge in [0.2, 0.25) is 0 Å². The van der Waals surface area contributed by atoms with Crippen molar-refractivity contribution >= 4 is 54.1 Å². The number of hydrogen-bond acceptors (Lipinski definition) is 1. The molecule has 0 atom stereocenters. The predicted octanol–water partition coefficient (Wildman–Crippen LogP) is 15.4. The second kappa shape index (κ2) is 12.7. The van der Waals surface area contributed by atoms with E-state index in [1.807, 2.05) is 48.5 Å². The summed E-state index contributed by atoms with van der Waals surface area (Å²) in [6.07, 6.45) is 0. The fourth-order valence-electron chi connectivity index (χ4n) is 8.08. The molecule has 0 saturated carbocycles. The van der Waals surface area contributed by atoms with Crippen LogP contribution in [0.2, 0.25) is 0 Å². The molecule has 10 aromatic carbocycles. The van der Waals surface area contributed by atoms with Crippen LogP contribution in [0.1, 0.15) is 16.4 Å². The van der Waals surface area contributed by atoms with Gasteiger partial charge in [-0.05, 0) is 94.1 Å². The van der Waals surface area contributed by atoms with Crippen molar-refractivity contribution < 1.29 is 20.9 Å². The first-order chi connectivity index (χ1) is 32.3. The molecule has 0 saturated heterocycles. The molecule has 1 heteroatoms. The molecule has 55 heavy (non-hydrogen) atoms. The third-order valence-electron chi connectivity index (χ3n) is 10.5. The minimum atomic E-state index is -0.603. The van der Waals surface area contributed by atoms with Crippen molar-refractivity contribution in [2.45, 2.75) is 0 Å². The van der Waals surface area contributed by atoms with E-state index in [2.05, 4.69) is 42.5 Å². The van der Waals surface area contributed by atoms with E-state index < -0.39 is 72.5 Å². The summed E-state index contributed by atoms with van der Waals surface area (Å²) in [5.74, 6) is -0.146. The van der Waals surface area contributed by atoms with Gasteiger partial charge >= 0.3 is 0 Å². The number of furan rings is 1. The molecule has 0 N–H and O–H groups in total. The Kier molecular flexibility index (Phi) is 4.97. The molecule has 0 amide bonds. The molecule has 0 aliphatic heterocycles. The second-order valence-electron chi connectivity index (χ2n) is 13.4. The van der Waals surface area contributed by atoms with Crippen molar-refractivity contribution in [2.75, 3.05) is 0 Å². The van der Waals surface area contributed by atoms with E-state index in [9.17, 15) is 5.48 Å². The Labute approximate surface area is 336 Å². The average Bonchev–Trinajstić information content (AvgIpc) is 3.77. The van der Waals surface area contributed by atoms with Gasteiger partial charge in [-0.3, -0.25) is 0 Å². The minimum absolute atomic E-state index is 0.00285. The Balaban J connectivity index is 1.31. The fraction of sp³-hybridized carbons (Fsp3) is 0. The lowest BCUT2D eigenvalue weighted by Crippen LogP contribution is -1.94. The topological polar surface area (TPSA) is 13.1 Å². The molecule has 0 unspecified atom stereocenters. The van der Waals surface area contributed by atoms with Gasteiger partial charge in [0.15, 0.2) is 0 Å². The van der Waals surface area contributed by atoms with E-state index in [-0.39, 0.29) is 55.0 Å². The van der Waals surface area contributed by atoms with E-state index in [4.69, 9.17) is 15.4 Å². The molecule has 11 aromatic rings. The summed E-state index contributed by atoms with van der Waals surface area (Å²) < 4.78 is 117. The summed E-state index contributed by atoms with van der Waals surface area (Å²) in [4.78, 5) is 0.